The molecule has 0 radical (unpaired) electrons. The molecular weight excluding hydrogens is 420 g/mol. The van der Waals surface area contributed by atoms with Crippen LogP contribution in [0.2, 0.25) is 0 Å². The van der Waals surface area contributed by atoms with E-state index < -0.39 is 10.0 Å². The van der Waals surface area contributed by atoms with Crippen LogP contribution in [0.4, 0.5) is 5.69 Å². The topological polar surface area (TPSA) is 75.7 Å². The number of carbonyl (C=O) groups is 1. The molecule has 2 aromatic carbocycles. The number of nitrogens with one attached hydrogen (secondary N) is 1. The quantitative estimate of drug-likeness (QED) is 0.608. The zero-order valence-corrected chi connectivity index (χ0v) is 18.1. The first-order chi connectivity index (χ1) is 14.5. The molecule has 1 N–H and O–H groups in total. The number of benzene rings is 2. The van der Waals surface area contributed by atoms with Gasteiger partial charge < -0.3 is 10.1 Å². The maximum Gasteiger partial charge on any atom is 0.264 e. The first-order valence-corrected chi connectivity index (χ1v) is 11.9. The number of rotatable bonds is 7. The molecule has 8 heteroatoms. The average Bonchev–Trinajstić information content (AvgIpc) is 3.43. The van der Waals surface area contributed by atoms with Gasteiger partial charge in [-0.05, 0) is 66.2 Å². The van der Waals surface area contributed by atoms with Crippen LogP contribution in [0.15, 0.2) is 64.9 Å². The maximum absolute atomic E-state index is 13.2. The lowest BCUT2D eigenvalue weighted by molar-refractivity contribution is 0.0953. The number of ether oxygens (including phenoxy) is 1. The van der Waals surface area contributed by atoms with E-state index in [9.17, 15) is 13.2 Å². The second-order valence-electron chi connectivity index (χ2n) is 6.89. The third-order valence-electron chi connectivity index (χ3n) is 5.11. The van der Waals surface area contributed by atoms with E-state index in [1.54, 1.807) is 41.7 Å². The molecule has 6 nitrogen and oxygen atoms in total. The lowest BCUT2D eigenvalue weighted by Crippen LogP contribution is -2.29. The highest BCUT2D eigenvalue weighted by Crippen LogP contribution is 2.35. The SMILES string of the molecule is COc1ccc(S(=O)(=O)N2CCc3c(C(=O)NCCc4cccs4)cccc32)cc1. The molecule has 0 atom stereocenters. The van der Waals surface area contributed by atoms with E-state index in [0.29, 0.717) is 36.5 Å². The Balaban J connectivity index is 1.54. The van der Waals surface area contributed by atoms with Crippen molar-refractivity contribution in [3.63, 3.8) is 0 Å². The van der Waals surface area contributed by atoms with Gasteiger partial charge in [-0.3, -0.25) is 9.10 Å². The Morgan fingerprint density at radius 3 is 2.63 bits per heavy atom. The number of hydrogen-bond acceptors (Lipinski definition) is 5. The zero-order valence-electron chi connectivity index (χ0n) is 16.5. The Kier molecular flexibility index (Phi) is 5.78. The van der Waals surface area contributed by atoms with E-state index in [1.165, 1.54) is 28.4 Å². The third kappa shape index (κ3) is 3.93. The van der Waals surface area contributed by atoms with E-state index >= 15 is 0 Å². The lowest BCUT2D eigenvalue weighted by Gasteiger charge is -2.20. The van der Waals surface area contributed by atoms with E-state index in [4.69, 9.17) is 4.74 Å². The molecule has 3 aromatic rings. The van der Waals surface area contributed by atoms with E-state index in [2.05, 4.69) is 5.32 Å². The standard InChI is InChI=1S/C22H22N2O4S2/c1-28-16-7-9-18(10-8-16)30(26,27)24-14-12-19-20(5-2-6-21(19)24)22(25)23-13-11-17-4-3-15-29-17/h2-10,15H,11-14H2,1H3,(H,23,25). The minimum absolute atomic E-state index is 0.174. The van der Waals surface area contributed by atoms with Crippen molar-refractivity contribution >= 4 is 33.0 Å². The Morgan fingerprint density at radius 1 is 1.13 bits per heavy atom. The fraction of sp³-hybridized carbons (Fsp3) is 0.227. The first-order valence-electron chi connectivity index (χ1n) is 9.60. The van der Waals surface area contributed by atoms with Crippen LogP contribution in [0.25, 0.3) is 0 Å². The Morgan fingerprint density at radius 2 is 1.93 bits per heavy atom. The third-order valence-corrected chi connectivity index (χ3v) is 7.88. The van der Waals surface area contributed by atoms with Crippen molar-refractivity contribution in [2.24, 2.45) is 0 Å². The molecule has 156 valence electrons. The molecule has 4 rings (SSSR count). The molecule has 1 aliphatic heterocycles. The van der Waals surface area contributed by atoms with Crippen LogP contribution in [-0.4, -0.2) is 34.5 Å². The van der Waals surface area contributed by atoms with Crippen LogP contribution in [0.1, 0.15) is 20.8 Å². The predicted molar refractivity (Wildman–Crippen MR) is 118 cm³/mol. The van der Waals surface area contributed by atoms with Crippen LogP contribution >= 0.6 is 11.3 Å². The highest BCUT2D eigenvalue weighted by molar-refractivity contribution is 7.92. The fourth-order valence-electron chi connectivity index (χ4n) is 3.59. The highest BCUT2D eigenvalue weighted by atomic mass is 32.2. The van der Waals surface area contributed by atoms with Crippen LogP contribution < -0.4 is 14.4 Å². The van der Waals surface area contributed by atoms with Gasteiger partial charge in [0.25, 0.3) is 15.9 Å². The summed E-state index contributed by atoms with van der Waals surface area (Å²) in [6.45, 7) is 0.847. The summed E-state index contributed by atoms with van der Waals surface area (Å²) >= 11 is 1.66. The summed E-state index contributed by atoms with van der Waals surface area (Å²) in [6, 6.07) is 15.6. The van der Waals surface area contributed by atoms with Gasteiger partial charge in [-0.15, -0.1) is 11.3 Å². The van der Waals surface area contributed by atoms with Gasteiger partial charge in [-0.1, -0.05) is 12.1 Å². The minimum Gasteiger partial charge on any atom is -0.497 e. The van der Waals surface area contributed by atoms with Crippen molar-refractivity contribution in [2.45, 2.75) is 17.7 Å². The Labute approximate surface area is 180 Å². The van der Waals surface area contributed by atoms with Crippen molar-refractivity contribution in [1.29, 1.82) is 0 Å². The van der Waals surface area contributed by atoms with Gasteiger partial charge in [0, 0.05) is 23.5 Å². The molecule has 0 saturated carbocycles. The molecule has 0 spiro atoms. The summed E-state index contributed by atoms with van der Waals surface area (Å²) in [6.07, 6.45) is 1.27. The summed E-state index contributed by atoms with van der Waals surface area (Å²) in [4.78, 5) is 14.1. The summed E-state index contributed by atoms with van der Waals surface area (Å²) in [5.74, 6) is 0.421. The smallest absolute Gasteiger partial charge is 0.264 e. The van der Waals surface area contributed by atoms with Crippen molar-refractivity contribution < 1.29 is 17.9 Å². The fourth-order valence-corrected chi connectivity index (χ4v) is 5.80. The largest absolute Gasteiger partial charge is 0.497 e. The van der Waals surface area contributed by atoms with Crippen molar-refractivity contribution in [3.8, 4) is 5.75 Å². The molecule has 1 aromatic heterocycles. The molecule has 0 bridgehead atoms. The second-order valence-corrected chi connectivity index (χ2v) is 9.79. The molecule has 30 heavy (non-hydrogen) atoms. The molecular formula is C22H22N2O4S2. The van der Waals surface area contributed by atoms with E-state index in [0.717, 1.165) is 12.0 Å². The second kappa shape index (κ2) is 8.49. The van der Waals surface area contributed by atoms with Crippen LogP contribution in [-0.2, 0) is 22.9 Å². The van der Waals surface area contributed by atoms with Crippen molar-refractivity contribution in [3.05, 3.63) is 76.0 Å². The molecule has 1 amide bonds. The number of amides is 1. The summed E-state index contributed by atoms with van der Waals surface area (Å²) < 4.78 is 32.8. The average molecular weight is 443 g/mol. The number of carbonyl (C=O) groups excluding carboxylic acids is 1. The van der Waals surface area contributed by atoms with Crippen molar-refractivity contribution in [2.75, 3.05) is 24.5 Å². The van der Waals surface area contributed by atoms with Gasteiger partial charge >= 0.3 is 0 Å². The maximum atomic E-state index is 13.2. The van der Waals surface area contributed by atoms with Gasteiger partial charge in [0.1, 0.15) is 5.75 Å². The molecule has 1 aliphatic rings. The minimum atomic E-state index is -3.72. The van der Waals surface area contributed by atoms with Gasteiger partial charge in [0.2, 0.25) is 0 Å². The van der Waals surface area contributed by atoms with Gasteiger partial charge in [-0.25, -0.2) is 8.42 Å². The number of thiophene rings is 1. The zero-order chi connectivity index (χ0) is 21.1. The van der Waals surface area contributed by atoms with Crippen LogP contribution in [0, 0.1) is 0 Å². The number of nitrogens with zero attached hydrogens (tertiary/aromatic N) is 1. The van der Waals surface area contributed by atoms with Crippen LogP contribution in [0.5, 0.6) is 5.75 Å². The predicted octanol–water partition coefficient (Wildman–Crippen LogP) is 3.48. The van der Waals surface area contributed by atoms with E-state index in [-0.39, 0.29) is 10.8 Å². The van der Waals surface area contributed by atoms with E-state index in [1.807, 2.05) is 17.5 Å². The number of anilines is 1. The lowest BCUT2D eigenvalue weighted by atomic mass is 10.0. The van der Waals surface area contributed by atoms with Crippen LogP contribution in [0.3, 0.4) is 0 Å². The molecule has 0 saturated heterocycles. The highest BCUT2D eigenvalue weighted by Gasteiger charge is 2.33. The monoisotopic (exact) mass is 442 g/mol. The number of hydrogen-bond donors (Lipinski definition) is 1. The summed E-state index contributed by atoms with van der Waals surface area (Å²) in [5.41, 5.74) is 1.87. The number of methoxy groups -OCH3 is 1. The Bertz CT molecular complexity index is 1140. The number of sulfonamides is 1. The summed E-state index contributed by atoms with van der Waals surface area (Å²) in [7, 11) is -2.18. The van der Waals surface area contributed by atoms with Crippen molar-refractivity contribution in [1.82, 2.24) is 5.32 Å². The van der Waals surface area contributed by atoms with Gasteiger partial charge in [0.15, 0.2) is 0 Å². The van der Waals surface area contributed by atoms with Gasteiger partial charge in [-0.2, -0.15) is 0 Å². The Hall–Kier alpha value is -2.84. The normalized spacial score (nSPS) is 13.2. The molecule has 0 fully saturated rings. The number of fused-ring (bicyclic) bond motifs is 1. The van der Waals surface area contributed by atoms with Gasteiger partial charge in [0.05, 0.1) is 17.7 Å². The first kappa shape index (κ1) is 20.4. The molecule has 0 aliphatic carbocycles. The molecule has 2 heterocycles. The molecule has 0 unspecified atom stereocenters. The summed E-state index contributed by atoms with van der Waals surface area (Å²) in [5, 5.41) is 4.96.